The molecule has 0 fully saturated rings. The number of nitrogens with one attached hydrogen (secondary N) is 2. The monoisotopic (exact) mass is 454 g/mol. The van der Waals surface area contributed by atoms with Gasteiger partial charge in [0.15, 0.2) is 0 Å². The molecule has 0 aliphatic carbocycles. The van der Waals surface area contributed by atoms with Gasteiger partial charge < -0.3 is 20.1 Å². The Morgan fingerprint density at radius 1 is 1.14 bits per heavy atom. The van der Waals surface area contributed by atoms with E-state index in [4.69, 9.17) is 32.7 Å². The summed E-state index contributed by atoms with van der Waals surface area (Å²) in [5.41, 5.74) is 0.378. The third-order valence-corrected chi connectivity index (χ3v) is 5.75. The van der Waals surface area contributed by atoms with E-state index in [0.29, 0.717) is 0 Å². The molecule has 1 aliphatic heterocycles. The van der Waals surface area contributed by atoms with E-state index in [0.717, 1.165) is 4.88 Å². The van der Waals surface area contributed by atoms with E-state index in [1.54, 1.807) is 31.2 Å². The number of thiophene rings is 1. The van der Waals surface area contributed by atoms with Gasteiger partial charge in [0.05, 0.1) is 39.5 Å². The van der Waals surface area contributed by atoms with Crippen molar-refractivity contribution in [3.8, 4) is 0 Å². The molecule has 2 amide bonds. The lowest BCUT2D eigenvalue weighted by Gasteiger charge is -2.28. The number of amides is 2. The Labute approximate surface area is 180 Å². The number of carbonyl (C=O) groups is 3. The molecule has 10 heteroatoms. The van der Waals surface area contributed by atoms with Crippen molar-refractivity contribution < 1.29 is 23.9 Å². The number of halogens is 2. The largest absolute Gasteiger partial charge is 0.463 e. The van der Waals surface area contributed by atoms with Crippen molar-refractivity contribution in [2.24, 2.45) is 0 Å². The van der Waals surface area contributed by atoms with Gasteiger partial charge in [0.1, 0.15) is 6.61 Å². The van der Waals surface area contributed by atoms with Crippen molar-refractivity contribution >= 4 is 52.5 Å². The first-order valence-electron chi connectivity index (χ1n) is 8.54. The fourth-order valence-corrected chi connectivity index (χ4v) is 3.89. The third kappa shape index (κ3) is 4.72. The fourth-order valence-electron chi connectivity index (χ4n) is 2.73. The van der Waals surface area contributed by atoms with Crippen LogP contribution in [0.2, 0.25) is 10.0 Å². The Morgan fingerprint density at radius 2 is 1.93 bits per heavy atom. The highest BCUT2D eigenvalue weighted by atomic mass is 35.5. The highest BCUT2D eigenvalue weighted by Gasteiger charge is 2.34. The van der Waals surface area contributed by atoms with Gasteiger partial charge in [-0.15, -0.1) is 11.3 Å². The maximum Gasteiger partial charge on any atom is 0.340 e. The Kier molecular flexibility index (Phi) is 6.79. The zero-order chi connectivity index (χ0) is 21.0. The first-order valence-corrected chi connectivity index (χ1v) is 10.2. The average Bonchev–Trinajstić information content (AvgIpc) is 3.22. The molecular formula is C19H16Cl2N2O5S. The summed E-state index contributed by atoms with van der Waals surface area (Å²) in [5, 5.41) is 7.32. The van der Waals surface area contributed by atoms with Crippen LogP contribution in [0.25, 0.3) is 0 Å². The minimum Gasteiger partial charge on any atom is -0.463 e. The highest BCUT2D eigenvalue weighted by molar-refractivity contribution is 7.10. The minimum absolute atomic E-state index is 0.0598. The van der Waals surface area contributed by atoms with E-state index in [9.17, 15) is 14.4 Å². The molecule has 0 spiro atoms. The van der Waals surface area contributed by atoms with Gasteiger partial charge in [-0.1, -0.05) is 35.3 Å². The number of carbonyl (C=O) groups excluding carboxylic acids is 3. The molecule has 2 heterocycles. The summed E-state index contributed by atoms with van der Waals surface area (Å²) < 4.78 is 10.4. The van der Waals surface area contributed by atoms with Crippen LogP contribution in [0.4, 0.5) is 4.79 Å². The molecule has 3 rings (SSSR count). The summed E-state index contributed by atoms with van der Waals surface area (Å²) in [6.07, 6.45) is 0. The van der Waals surface area contributed by atoms with E-state index < -0.39 is 24.0 Å². The van der Waals surface area contributed by atoms with Gasteiger partial charge in [-0.25, -0.2) is 14.4 Å². The minimum atomic E-state index is -0.742. The number of rotatable bonds is 6. The quantitative estimate of drug-likeness (QED) is 0.641. The number of hydrogen-bond acceptors (Lipinski definition) is 6. The second-order valence-electron chi connectivity index (χ2n) is 5.84. The van der Waals surface area contributed by atoms with Crippen molar-refractivity contribution in [2.45, 2.75) is 13.0 Å². The predicted octanol–water partition coefficient (Wildman–Crippen LogP) is 4.08. The lowest BCUT2D eigenvalue weighted by Crippen LogP contribution is -2.46. The standard InChI is InChI=1S/C19H16Cl2N2O5S/c1-2-27-18(25)14-12(22-19(26)23-16(14)13-7-4-8-29-13)9-28-17(24)10-5-3-6-11(20)15(10)21/h3-8,16H,2,9H2,1H3,(H2,22,23,26)/t16-/m0/s1. The van der Waals surface area contributed by atoms with Crippen LogP contribution in [0, 0.1) is 0 Å². The third-order valence-electron chi connectivity index (χ3n) is 4.00. The fraction of sp³-hybridized carbons (Fsp3) is 0.211. The van der Waals surface area contributed by atoms with Crippen molar-refractivity contribution in [1.29, 1.82) is 0 Å². The number of urea groups is 1. The van der Waals surface area contributed by atoms with Crippen LogP contribution in [0.5, 0.6) is 0 Å². The van der Waals surface area contributed by atoms with Crippen molar-refractivity contribution in [1.82, 2.24) is 10.6 Å². The molecule has 1 aromatic heterocycles. The van der Waals surface area contributed by atoms with Gasteiger partial charge in [0, 0.05) is 4.88 Å². The molecule has 7 nitrogen and oxygen atoms in total. The van der Waals surface area contributed by atoms with Crippen molar-refractivity contribution in [2.75, 3.05) is 13.2 Å². The number of benzene rings is 1. The molecule has 29 heavy (non-hydrogen) atoms. The molecule has 2 N–H and O–H groups in total. The van der Waals surface area contributed by atoms with E-state index in [1.807, 2.05) is 5.38 Å². The molecule has 0 saturated carbocycles. The van der Waals surface area contributed by atoms with Gasteiger partial charge in [0.25, 0.3) is 0 Å². The number of esters is 2. The topological polar surface area (TPSA) is 93.7 Å². The summed E-state index contributed by atoms with van der Waals surface area (Å²) in [5.74, 6) is -1.36. The van der Waals surface area contributed by atoms with Crippen LogP contribution < -0.4 is 10.6 Å². The van der Waals surface area contributed by atoms with E-state index in [2.05, 4.69) is 10.6 Å². The molecule has 0 unspecified atom stereocenters. The average molecular weight is 455 g/mol. The molecule has 0 radical (unpaired) electrons. The van der Waals surface area contributed by atoms with E-state index in [-0.39, 0.29) is 40.1 Å². The lowest BCUT2D eigenvalue weighted by molar-refractivity contribution is -0.139. The normalized spacial score (nSPS) is 16.1. The maximum atomic E-state index is 12.6. The van der Waals surface area contributed by atoms with Crippen LogP contribution in [0.1, 0.15) is 28.2 Å². The molecule has 2 aromatic rings. The highest BCUT2D eigenvalue weighted by Crippen LogP contribution is 2.31. The lowest BCUT2D eigenvalue weighted by atomic mass is 10.0. The van der Waals surface area contributed by atoms with Crippen molar-refractivity contribution in [3.05, 3.63) is 67.5 Å². The molecule has 0 bridgehead atoms. The molecule has 152 valence electrons. The zero-order valence-electron chi connectivity index (χ0n) is 15.2. The van der Waals surface area contributed by atoms with Gasteiger partial charge >= 0.3 is 18.0 Å². The molecule has 1 atom stereocenters. The van der Waals surface area contributed by atoms with Crippen LogP contribution in [0.15, 0.2) is 47.0 Å². The number of ether oxygens (including phenoxy) is 2. The Morgan fingerprint density at radius 3 is 2.62 bits per heavy atom. The van der Waals surface area contributed by atoms with Crippen LogP contribution in [-0.2, 0) is 14.3 Å². The smallest absolute Gasteiger partial charge is 0.340 e. The first-order chi connectivity index (χ1) is 13.9. The molecule has 1 aliphatic rings. The van der Waals surface area contributed by atoms with E-state index in [1.165, 1.54) is 17.4 Å². The summed E-state index contributed by atoms with van der Waals surface area (Å²) in [6.45, 7) is 1.47. The summed E-state index contributed by atoms with van der Waals surface area (Å²) in [4.78, 5) is 37.9. The first kappa shape index (κ1) is 21.2. The van der Waals surface area contributed by atoms with Gasteiger partial charge in [-0.2, -0.15) is 0 Å². The van der Waals surface area contributed by atoms with Gasteiger partial charge in [-0.3, -0.25) is 0 Å². The molecular weight excluding hydrogens is 439 g/mol. The Balaban J connectivity index is 1.90. The predicted molar refractivity (Wildman–Crippen MR) is 109 cm³/mol. The summed E-state index contributed by atoms with van der Waals surface area (Å²) >= 11 is 13.3. The second kappa shape index (κ2) is 9.30. The van der Waals surface area contributed by atoms with Crippen molar-refractivity contribution in [3.63, 3.8) is 0 Å². The molecule has 0 saturated heterocycles. The van der Waals surface area contributed by atoms with Crippen LogP contribution in [0.3, 0.4) is 0 Å². The Hall–Kier alpha value is -2.55. The molecule has 1 aromatic carbocycles. The number of hydrogen-bond donors (Lipinski definition) is 2. The van der Waals surface area contributed by atoms with Crippen LogP contribution >= 0.6 is 34.5 Å². The maximum absolute atomic E-state index is 12.6. The van der Waals surface area contributed by atoms with Gasteiger partial charge in [-0.05, 0) is 30.5 Å². The summed E-state index contributed by atoms with van der Waals surface area (Å²) in [7, 11) is 0. The zero-order valence-corrected chi connectivity index (χ0v) is 17.5. The Bertz CT molecular complexity index is 975. The van der Waals surface area contributed by atoms with Gasteiger partial charge in [0.2, 0.25) is 0 Å². The summed E-state index contributed by atoms with van der Waals surface area (Å²) in [6, 6.07) is 6.92. The van der Waals surface area contributed by atoms with Crippen LogP contribution in [-0.4, -0.2) is 31.2 Å². The van der Waals surface area contributed by atoms with E-state index >= 15 is 0 Å². The SMILES string of the molecule is CCOC(=O)C1=C(COC(=O)c2cccc(Cl)c2Cl)NC(=O)N[C@H]1c1cccs1. The second-order valence-corrected chi connectivity index (χ2v) is 7.60.